The highest BCUT2D eigenvalue weighted by Crippen LogP contribution is 2.23. The Morgan fingerprint density at radius 2 is 1.68 bits per heavy atom. The molecule has 0 aliphatic rings. The molecule has 0 aliphatic heterocycles. The maximum absolute atomic E-state index is 12.2. The van der Waals surface area contributed by atoms with Crippen LogP contribution in [0.3, 0.4) is 0 Å². The molecule has 0 saturated heterocycles. The molecule has 0 aromatic heterocycles. The third kappa shape index (κ3) is 5.84. The normalized spacial score (nSPS) is 10.0. The quantitative estimate of drug-likeness (QED) is 0.687. The SMILES string of the molecule is CCOc1ccccc1NC(=O)CNc1cccc(NC(=O)CC)c1. The van der Waals surface area contributed by atoms with Gasteiger partial charge in [-0.05, 0) is 37.3 Å². The molecule has 2 aromatic rings. The number of anilines is 3. The summed E-state index contributed by atoms with van der Waals surface area (Å²) >= 11 is 0. The van der Waals surface area contributed by atoms with Gasteiger partial charge >= 0.3 is 0 Å². The van der Waals surface area contributed by atoms with Crippen LogP contribution < -0.4 is 20.7 Å². The highest BCUT2D eigenvalue weighted by molar-refractivity contribution is 5.95. The number of ether oxygens (including phenoxy) is 1. The van der Waals surface area contributed by atoms with Crippen LogP contribution in [0.2, 0.25) is 0 Å². The van der Waals surface area contributed by atoms with Gasteiger partial charge in [-0.2, -0.15) is 0 Å². The zero-order valence-electron chi connectivity index (χ0n) is 14.5. The largest absolute Gasteiger partial charge is 0.492 e. The number of amides is 2. The van der Waals surface area contributed by atoms with Crippen LogP contribution in [0.5, 0.6) is 5.75 Å². The van der Waals surface area contributed by atoms with Crippen LogP contribution in [0.15, 0.2) is 48.5 Å². The van der Waals surface area contributed by atoms with E-state index in [4.69, 9.17) is 4.74 Å². The summed E-state index contributed by atoms with van der Waals surface area (Å²) in [6.07, 6.45) is 0.416. The van der Waals surface area contributed by atoms with Crippen molar-refractivity contribution in [1.29, 1.82) is 0 Å². The van der Waals surface area contributed by atoms with Gasteiger partial charge in [0, 0.05) is 17.8 Å². The average Bonchev–Trinajstić information content (AvgIpc) is 2.62. The van der Waals surface area contributed by atoms with Crippen molar-refractivity contribution in [3.8, 4) is 5.75 Å². The van der Waals surface area contributed by atoms with Crippen molar-refractivity contribution in [2.45, 2.75) is 20.3 Å². The number of benzene rings is 2. The number of rotatable bonds is 8. The molecule has 0 saturated carbocycles. The zero-order chi connectivity index (χ0) is 18.1. The van der Waals surface area contributed by atoms with Gasteiger partial charge in [0.25, 0.3) is 0 Å². The van der Waals surface area contributed by atoms with E-state index in [0.717, 1.165) is 5.69 Å². The van der Waals surface area contributed by atoms with Crippen LogP contribution in [-0.4, -0.2) is 25.0 Å². The predicted molar refractivity (Wildman–Crippen MR) is 100 cm³/mol. The zero-order valence-corrected chi connectivity index (χ0v) is 14.5. The molecule has 3 N–H and O–H groups in total. The van der Waals surface area contributed by atoms with Gasteiger partial charge in [0.1, 0.15) is 5.75 Å². The van der Waals surface area contributed by atoms with Crippen LogP contribution in [0, 0.1) is 0 Å². The fraction of sp³-hybridized carbons (Fsp3) is 0.263. The van der Waals surface area contributed by atoms with E-state index >= 15 is 0 Å². The van der Waals surface area contributed by atoms with Gasteiger partial charge in [0.05, 0.1) is 18.8 Å². The lowest BCUT2D eigenvalue weighted by atomic mass is 10.2. The van der Waals surface area contributed by atoms with E-state index < -0.39 is 0 Å². The van der Waals surface area contributed by atoms with Crippen LogP contribution in [-0.2, 0) is 9.59 Å². The van der Waals surface area contributed by atoms with Crippen LogP contribution >= 0.6 is 0 Å². The molecule has 0 atom stereocenters. The standard InChI is InChI=1S/C19H23N3O3/c1-3-18(23)21-15-9-7-8-14(12-15)20-13-19(24)22-16-10-5-6-11-17(16)25-4-2/h5-12,20H,3-4,13H2,1-2H3,(H,21,23)(H,22,24). The number of carbonyl (C=O) groups excluding carboxylic acids is 2. The second kappa shape index (κ2) is 9.32. The number of hydrogen-bond donors (Lipinski definition) is 3. The molecular weight excluding hydrogens is 318 g/mol. The molecule has 6 heteroatoms. The highest BCUT2D eigenvalue weighted by atomic mass is 16.5. The van der Waals surface area contributed by atoms with E-state index in [1.807, 2.05) is 37.3 Å². The smallest absolute Gasteiger partial charge is 0.243 e. The highest BCUT2D eigenvalue weighted by Gasteiger charge is 2.07. The van der Waals surface area contributed by atoms with Crippen molar-refractivity contribution in [1.82, 2.24) is 0 Å². The molecule has 0 bridgehead atoms. The van der Waals surface area contributed by atoms with E-state index in [0.29, 0.717) is 30.2 Å². The van der Waals surface area contributed by atoms with Gasteiger partial charge in [0.2, 0.25) is 11.8 Å². The second-order valence-corrected chi connectivity index (χ2v) is 5.31. The fourth-order valence-electron chi connectivity index (χ4n) is 2.18. The summed E-state index contributed by atoms with van der Waals surface area (Å²) in [6.45, 7) is 4.32. The van der Waals surface area contributed by atoms with Crippen molar-refractivity contribution in [3.05, 3.63) is 48.5 Å². The fourth-order valence-corrected chi connectivity index (χ4v) is 2.18. The molecule has 132 valence electrons. The molecule has 2 aromatic carbocycles. The first kappa shape index (κ1) is 18.3. The molecule has 0 spiro atoms. The predicted octanol–water partition coefficient (Wildman–Crippen LogP) is 3.48. The van der Waals surface area contributed by atoms with Crippen LogP contribution in [0.4, 0.5) is 17.1 Å². The molecule has 2 amide bonds. The van der Waals surface area contributed by atoms with Gasteiger partial charge < -0.3 is 20.7 Å². The minimum atomic E-state index is -0.185. The van der Waals surface area contributed by atoms with Gasteiger partial charge in [-0.3, -0.25) is 9.59 Å². The second-order valence-electron chi connectivity index (χ2n) is 5.31. The Balaban J connectivity index is 1.92. The Morgan fingerprint density at radius 3 is 2.44 bits per heavy atom. The van der Waals surface area contributed by atoms with Crippen LogP contribution in [0.1, 0.15) is 20.3 Å². The topological polar surface area (TPSA) is 79.5 Å². The Morgan fingerprint density at radius 1 is 0.920 bits per heavy atom. The van der Waals surface area contributed by atoms with Gasteiger partial charge in [0.15, 0.2) is 0 Å². The summed E-state index contributed by atoms with van der Waals surface area (Å²) in [5, 5.41) is 8.65. The molecule has 0 radical (unpaired) electrons. The lowest BCUT2D eigenvalue weighted by Gasteiger charge is -2.12. The van der Waals surface area contributed by atoms with Crippen molar-refractivity contribution in [2.24, 2.45) is 0 Å². The molecule has 25 heavy (non-hydrogen) atoms. The maximum Gasteiger partial charge on any atom is 0.243 e. The third-order valence-corrected chi connectivity index (χ3v) is 3.38. The molecule has 0 unspecified atom stereocenters. The molecule has 2 rings (SSSR count). The lowest BCUT2D eigenvalue weighted by molar-refractivity contribution is -0.116. The summed E-state index contributed by atoms with van der Waals surface area (Å²) in [5.41, 5.74) is 2.08. The maximum atomic E-state index is 12.2. The summed E-state index contributed by atoms with van der Waals surface area (Å²) in [6, 6.07) is 14.5. The first-order valence-electron chi connectivity index (χ1n) is 8.27. The van der Waals surface area contributed by atoms with Crippen molar-refractivity contribution in [2.75, 3.05) is 29.1 Å². The first-order valence-corrected chi connectivity index (χ1v) is 8.27. The summed E-state index contributed by atoms with van der Waals surface area (Å²) in [4.78, 5) is 23.6. The van der Waals surface area contributed by atoms with Gasteiger partial charge in [-0.15, -0.1) is 0 Å². The Labute approximate surface area is 147 Å². The number of hydrogen-bond acceptors (Lipinski definition) is 4. The number of nitrogens with one attached hydrogen (secondary N) is 3. The van der Waals surface area contributed by atoms with Crippen molar-refractivity contribution < 1.29 is 14.3 Å². The number of carbonyl (C=O) groups is 2. The Kier molecular flexibility index (Phi) is 6.83. The Bertz CT molecular complexity index is 731. The lowest BCUT2D eigenvalue weighted by Crippen LogP contribution is -2.22. The van der Waals surface area contributed by atoms with Gasteiger partial charge in [-0.25, -0.2) is 0 Å². The third-order valence-electron chi connectivity index (χ3n) is 3.38. The Hall–Kier alpha value is -3.02. The molecule has 0 heterocycles. The minimum absolute atomic E-state index is 0.0533. The van der Waals surface area contributed by atoms with Crippen molar-refractivity contribution >= 4 is 28.9 Å². The van der Waals surface area contributed by atoms with E-state index in [-0.39, 0.29) is 18.4 Å². The van der Waals surface area contributed by atoms with Gasteiger partial charge in [-0.1, -0.05) is 25.1 Å². The summed E-state index contributed by atoms with van der Waals surface area (Å²) in [5.74, 6) is 0.403. The molecule has 0 fully saturated rings. The molecular formula is C19H23N3O3. The first-order chi connectivity index (χ1) is 12.1. The monoisotopic (exact) mass is 341 g/mol. The van der Waals surface area contributed by atoms with E-state index in [2.05, 4.69) is 16.0 Å². The van der Waals surface area contributed by atoms with Crippen LogP contribution in [0.25, 0.3) is 0 Å². The summed E-state index contributed by atoms with van der Waals surface area (Å²) < 4.78 is 5.49. The van der Waals surface area contributed by atoms with E-state index in [9.17, 15) is 9.59 Å². The van der Waals surface area contributed by atoms with E-state index in [1.165, 1.54) is 0 Å². The minimum Gasteiger partial charge on any atom is -0.492 e. The average molecular weight is 341 g/mol. The molecule has 6 nitrogen and oxygen atoms in total. The summed E-state index contributed by atoms with van der Waals surface area (Å²) in [7, 11) is 0. The van der Waals surface area contributed by atoms with E-state index in [1.54, 1.807) is 25.1 Å². The molecule has 0 aliphatic carbocycles. The van der Waals surface area contributed by atoms with Crippen molar-refractivity contribution in [3.63, 3.8) is 0 Å². The number of para-hydroxylation sites is 2.